The molecule has 0 aromatic heterocycles. The van der Waals surface area contributed by atoms with Gasteiger partial charge in [0.2, 0.25) is 11.8 Å². The van der Waals surface area contributed by atoms with Crippen molar-refractivity contribution in [2.45, 2.75) is 51.9 Å². The molecule has 0 saturated carbocycles. The zero-order valence-electron chi connectivity index (χ0n) is 10.1. The Morgan fingerprint density at radius 1 is 0.882 bits per heavy atom. The van der Waals surface area contributed by atoms with E-state index in [4.69, 9.17) is 5.11 Å². The highest BCUT2D eigenvalue weighted by molar-refractivity contribution is 5.82. The van der Waals surface area contributed by atoms with Gasteiger partial charge in [-0.3, -0.25) is 25.2 Å². The molecule has 0 aliphatic rings. The van der Waals surface area contributed by atoms with Crippen molar-refractivity contribution in [2.75, 3.05) is 0 Å². The van der Waals surface area contributed by atoms with Crippen LogP contribution in [-0.4, -0.2) is 22.9 Å². The fourth-order valence-corrected chi connectivity index (χ4v) is 1.20. The van der Waals surface area contributed by atoms with E-state index in [2.05, 4.69) is 10.9 Å². The largest absolute Gasteiger partial charge is 0.481 e. The molecule has 0 rings (SSSR count). The second kappa shape index (κ2) is 9.62. The number of hydrogen-bond acceptors (Lipinski definition) is 3. The molecule has 0 radical (unpaired) electrons. The molecule has 6 nitrogen and oxygen atoms in total. The number of amides is 2. The molecule has 3 N–H and O–H groups in total. The van der Waals surface area contributed by atoms with E-state index in [9.17, 15) is 14.4 Å². The first-order chi connectivity index (χ1) is 8.06. The summed E-state index contributed by atoms with van der Waals surface area (Å²) in [6.45, 7) is 2.04. The Kier molecular flexibility index (Phi) is 8.72. The van der Waals surface area contributed by atoms with Crippen molar-refractivity contribution in [3.8, 4) is 0 Å². The Bertz CT molecular complexity index is 266. The van der Waals surface area contributed by atoms with Crippen LogP contribution in [0.1, 0.15) is 51.9 Å². The van der Waals surface area contributed by atoms with Gasteiger partial charge >= 0.3 is 5.97 Å². The van der Waals surface area contributed by atoms with Crippen LogP contribution in [0.25, 0.3) is 0 Å². The van der Waals surface area contributed by atoms with Crippen molar-refractivity contribution in [3.63, 3.8) is 0 Å². The van der Waals surface area contributed by atoms with Crippen LogP contribution in [0.2, 0.25) is 0 Å². The molecule has 0 spiro atoms. The van der Waals surface area contributed by atoms with Gasteiger partial charge in [0.1, 0.15) is 0 Å². The lowest BCUT2D eigenvalue weighted by Gasteiger charge is -2.06. The molecule has 0 aliphatic heterocycles. The molecule has 0 fully saturated rings. The average Bonchev–Trinajstić information content (AvgIpc) is 2.26. The van der Waals surface area contributed by atoms with Crippen LogP contribution < -0.4 is 10.9 Å². The Labute approximate surface area is 101 Å². The highest BCUT2D eigenvalue weighted by Gasteiger charge is 2.05. The van der Waals surface area contributed by atoms with E-state index in [1.807, 2.05) is 6.92 Å². The summed E-state index contributed by atoms with van der Waals surface area (Å²) in [5, 5.41) is 8.36. The molecule has 0 aliphatic carbocycles. The van der Waals surface area contributed by atoms with Crippen LogP contribution >= 0.6 is 0 Å². The smallest absolute Gasteiger partial charge is 0.303 e. The number of aliphatic carboxylic acids is 1. The number of carboxylic acids is 1. The van der Waals surface area contributed by atoms with E-state index < -0.39 is 5.97 Å². The molecule has 0 heterocycles. The number of rotatable bonds is 8. The summed E-state index contributed by atoms with van der Waals surface area (Å²) in [5.74, 6) is -1.51. The van der Waals surface area contributed by atoms with E-state index in [0.29, 0.717) is 6.42 Å². The molecule has 0 saturated heterocycles. The summed E-state index contributed by atoms with van der Waals surface area (Å²) in [4.78, 5) is 32.5. The zero-order chi connectivity index (χ0) is 13.1. The van der Waals surface area contributed by atoms with Crippen LogP contribution in [0, 0.1) is 0 Å². The monoisotopic (exact) mass is 244 g/mol. The predicted molar refractivity (Wildman–Crippen MR) is 61.9 cm³/mol. The van der Waals surface area contributed by atoms with E-state index in [1.165, 1.54) is 0 Å². The topological polar surface area (TPSA) is 95.5 Å². The molecule has 2 amide bonds. The molecule has 98 valence electrons. The van der Waals surface area contributed by atoms with Crippen molar-refractivity contribution in [1.82, 2.24) is 10.9 Å². The van der Waals surface area contributed by atoms with Gasteiger partial charge in [-0.05, 0) is 12.8 Å². The van der Waals surface area contributed by atoms with Crippen molar-refractivity contribution in [2.24, 2.45) is 0 Å². The quantitative estimate of drug-likeness (QED) is 0.438. The molecule has 0 bridgehead atoms. The standard InChI is InChI=1S/C11H20N2O4/c1-2-3-4-6-9(14)12-13-10(15)7-5-8-11(16)17/h2-8H2,1H3,(H,12,14)(H,13,15)(H,16,17). The zero-order valence-corrected chi connectivity index (χ0v) is 10.1. The maximum atomic E-state index is 11.2. The third kappa shape index (κ3) is 10.7. The number of unbranched alkanes of at least 4 members (excludes halogenated alkanes) is 2. The summed E-state index contributed by atoms with van der Waals surface area (Å²) < 4.78 is 0. The van der Waals surface area contributed by atoms with E-state index >= 15 is 0 Å². The summed E-state index contributed by atoms with van der Waals surface area (Å²) in [6.07, 6.45) is 3.54. The Hall–Kier alpha value is -1.59. The number of carbonyl (C=O) groups is 3. The number of carbonyl (C=O) groups excluding carboxylic acids is 2. The van der Waals surface area contributed by atoms with Crippen molar-refractivity contribution in [1.29, 1.82) is 0 Å². The first kappa shape index (κ1) is 15.4. The van der Waals surface area contributed by atoms with Gasteiger partial charge in [-0.25, -0.2) is 0 Å². The second-order valence-corrected chi connectivity index (χ2v) is 3.80. The fraction of sp³-hybridized carbons (Fsp3) is 0.727. The van der Waals surface area contributed by atoms with Gasteiger partial charge in [0.25, 0.3) is 0 Å². The minimum Gasteiger partial charge on any atom is -0.481 e. The van der Waals surface area contributed by atoms with E-state index in [1.54, 1.807) is 0 Å². The van der Waals surface area contributed by atoms with Crippen molar-refractivity contribution < 1.29 is 19.5 Å². The van der Waals surface area contributed by atoms with Gasteiger partial charge in [-0.1, -0.05) is 19.8 Å². The van der Waals surface area contributed by atoms with Gasteiger partial charge in [0, 0.05) is 19.3 Å². The predicted octanol–water partition coefficient (Wildman–Crippen LogP) is 0.969. The molecular weight excluding hydrogens is 224 g/mol. The third-order valence-electron chi connectivity index (χ3n) is 2.14. The van der Waals surface area contributed by atoms with Gasteiger partial charge in [-0.15, -0.1) is 0 Å². The van der Waals surface area contributed by atoms with Gasteiger partial charge in [0.05, 0.1) is 0 Å². The number of hydrazine groups is 1. The Balaban J connectivity index is 3.48. The molecule has 17 heavy (non-hydrogen) atoms. The lowest BCUT2D eigenvalue weighted by Crippen LogP contribution is -2.41. The van der Waals surface area contributed by atoms with Gasteiger partial charge in [-0.2, -0.15) is 0 Å². The van der Waals surface area contributed by atoms with Crippen LogP contribution in [0.3, 0.4) is 0 Å². The molecule has 0 atom stereocenters. The van der Waals surface area contributed by atoms with Crippen molar-refractivity contribution >= 4 is 17.8 Å². The normalized spacial score (nSPS) is 9.71. The van der Waals surface area contributed by atoms with Gasteiger partial charge < -0.3 is 5.11 Å². The number of hydrogen-bond donors (Lipinski definition) is 3. The minimum atomic E-state index is -0.929. The Morgan fingerprint density at radius 3 is 1.88 bits per heavy atom. The molecule has 0 unspecified atom stereocenters. The highest BCUT2D eigenvalue weighted by Crippen LogP contribution is 1.98. The number of carboxylic acid groups (broad SMARTS) is 1. The van der Waals surface area contributed by atoms with E-state index in [0.717, 1.165) is 19.3 Å². The molecule has 6 heteroatoms. The van der Waals surface area contributed by atoms with Crippen LogP contribution in [0.15, 0.2) is 0 Å². The maximum Gasteiger partial charge on any atom is 0.303 e. The summed E-state index contributed by atoms with van der Waals surface area (Å²) in [5.41, 5.74) is 4.55. The average molecular weight is 244 g/mol. The molecular formula is C11H20N2O4. The summed E-state index contributed by atoms with van der Waals surface area (Å²) in [7, 11) is 0. The third-order valence-corrected chi connectivity index (χ3v) is 2.14. The maximum absolute atomic E-state index is 11.2. The SMILES string of the molecule is CCCCCC(=O)NNC(=O)CCCC(=O)O. The first-order valence-corrected chi connectivity index (χ1v) is 5.85. The number of nitrogens with one attached hydrogen (secondary N) is 2. The lowest BCUT2D eigenvalue weighted by molar-refractivity contribution is -0.137. The second-order valence-electron chi connectivity index (χ2n) is 3.80. The fourth-order valence-electron chi connectivity index (χ4n) is 1.20. The molecule has 0 aromatic carbocycles. The molecule has 0 aromatic rings. The highest BCUT2D eigenvalue weighted by atomic mass is 16.4. The van der Waals surface area contributed by atoms with Crippen LogP contribution in [0.5, 0.6) is 0 Å². The van der Waals surface area contributed by atoms with Crippen molar-refractivity contribution in [3.05, 3.63) is 0 Å². The lowest BCUT2D eigenvalue weighted by atomic mass is 10.2. The van der Waals surface area contributed by atoms with E-state index in [-0.39, 0.29) is 31.1 Å². The minimum absolute atomic E-state index is 0.0438. The van der Waals surface area contributed by atoms with Crippen LogP contribution in [-0.2, 0) is 14.4 Å². The van der Waals surface area contributed by atoms with Gasteiger partial charge in [0.15, 0.2) is 0 Å². The Morgan fingerprint density at radius 2 is 1.41 bits per heavy atom. The van der Waals surface area contributed by atoms with Crippen LogP contribution in [0.4, 0.5) is 0 Å². The summed E-state index contributed by atoms with van der Waals surface area (Å²) in [6, 6.07) is 0. The summed E-state index contributed by atoms with van der Waals surface area (Å²) >= 11 is 0. The first-order valence-electron chi connectivity index (χ1n) is 5.85.